The van der Waals surface area contributed by atoms with Crippen molar-refractivity contribution in [3.63, 3.8) is 0 Å². The van der Waals surface area contributed by atoms with Crippen LogP contribution in [0, 0.1) is 11.6 Å². The molecule has 1 atom stereocenters. The van der Waals surface area contributed by atoms with Crippen molar-refractivity contribution in [1.82, 2.24) is 10.2 Å². The summed E-state index contributed by atoms with van der Waals surface area (Å²) in [5.74, 6) is -2.76. The van der Waals surface area contributed by atoms with E-state index in [0.29, 0.717) is 31.0 Å². The average molecular weight is 719 g/mol. The van der Waals surface area contributed by atoms with Gasteiger partial charge in [-0.1, -0.05) is 56.4 Å². The highest BCUT2D eigenvalue weighted by atomic mass is 32.2. The molecule has 3 aromatic rings. The molecule has 3 aromatic carbocycles. The van der Waals surface area contributed by atoms with Crippen molar-refractivity contribution in [2.24, 2.45) is 0 Å². The number of amides is 1. The van der Waals surface area contributed by atoms with E-state index in [1.807, 2.05) is 0 Å². The van der Waals surface area contributed by atoms with Gasteiger partial charge >= 0.3 is 6.09 Å². The first-order chi connectivity index (χ1) is 23.9. The molecule has 4 rings (SSSR count). The molecule has 0 aliphatic carbocycles. The first-order valence-corrected chi connectivity index (χ1v) is 19.0. The number of unbranched alkanes of at least 4 members (excludes halogenated alkanes) is 6. The summed E-state index contributed by atoms with van der Waals surface area (Å²) in [6, 6.07) is 12.4. The van der Waals surface area contributed by atoms with Crippen molar-refractivity contribution in [2.45, 2.75) is 70.0 Å². The van der Waals surface area contributed by atoms with E-state index in [2.05, 4.69) is 20.3 Å². The Morgan fingerprint density at radius 1 is 0.880 bits per heavy atom. The van der Waals surface area contributed by atoms with Gasteiger partial charge in [0.2, 0.25) is 10.0 Å². The Hall–Kier alpha value is -3.98. The largest absolute Gasteiger partial charge is 0.506 e. The van der Waals surface area contributed by atoms with Crippen LogP contribution in [-0.4, -0.2) is 79.8 Å². The molecular weight excluding hydrogens is 670 g/mol. The highest BCUT2D eigenvalue weighted by Gasteiger charge is 2.23. The van der Waals surface area contributed by atoms with Gasteiger partial charge in [0.25, 0.3) is 0 Å². The SMILES string of the molecule is CS(=O)(=O)Nc1cc([C@@H](O)CNCCCCCCCCCN2CCC(OC(=O)Nc3ccccc3-c3cc(F)c(O)cc3F)CC2)ccc1O. The molecule has 0 spiro atoms. The van der Waals surface area contributed by atoms with E-state index in [1.165, 1.54) is 18.6 Å². The molecule has 1 amide bonds. The summed E-state index contributed by atoms with van der Waals surface area (Å²) in [7, 11) is -3.55. The number of rotatable bonds is 18. The minimum Gasteiger partial charge on any atom is -0.506 e. The van der Waals surface area contributed by atoms with E-state index in [9.17, 15) is 37.3 Å². The lowest BCUT2D eigenvalue weighted by Crippen LogP contribution is -2.38. The standard InChI is InChI=1S/C36H48F2N4O7S/c1-50(47,48)41-32-21-25(13-14-33(32)43)35(45)24-39-17-9-5-3-2-4-6-10-18-42-19-15-26(16-20-42)49-36(46)40-31-12-8-7-11-27(31)28-22-30(38)34(44)23-29(28)37/h7-8,11-14,21-23,26,35,39,41,43-45H,2-6,9-10,15-20,24H2,1H3,(H,40,46)/t35-/m0/s1. The number of anilines is 2. The smallest absolute Gasteiger partial charge is 0.411 e. The van der Waals surface area contributed by atoms with Crippen LogP contribution in [0.15, 0.2) is 54.6 Å². The minimum absolute atomic E-state index is 0.0368. The van der Waals surface area contributed by atoms with Gasteiger partial charge in [0.1, 0.15) is 17.7 Å². The monoisotopic (exact) mass is 718 g/mol. The van der Waals surface area contributed by atoms with Crippen molar-refractivity contribution < 1.29 is 42.0 Å². The van der Waals surface area contributed by atoms with Gasteiger partial charge in [0, 0.05) is 36.8 Å². The Labute approximate surface area is 292 Å². The molecule has 50 heavy (non-hydrogen) atoms. The Morgan fingerprint density at radius 2 is 1.56 bits per heavy atom. The maximum Gasteiger partial charge on any atom is 0.411 e. The van der Waals surface area contributed by atoms with Crippen LogP contribution in [0.2, 0.25) is 0 Å². The zero-order valence-corrected chi connectivity index (χ0v) is 29.2. The van der Waals surface area contributed by atoms with Gasteiger partial charge in [0.15, 0.2) is 11.6 Å². The highest BCUT2D eigenvalue weighted by Crippen LogP contribution is 2.33. The van der Waals surface area contributed by atoms with E-state index in [0.717, 1.165) is 77.0 Å². The van der Waals surface area contributed by atoms with Crippen LogP contribution in [0.3, 0.4) is 0 Å². The molecule has 0 unspecified atom stereocenters. The lowest BCUT2D eigenvalue weighted by molar-refractivity contribution is 0.0584. The van der Waals surface area contributed by atoms with Crippen molar-refractivity contribution >= 4 is 27.5 Å². The minimum atomic E-state index is -3.55. The topological polar surface area (TPSA) is 160 Å². The highest BCUT2D eigenvalue weighted by molar-refractivity contribution is 7.92. The first kappa shape index (κ1) is 38.8. The molecule has 0 radical (unpaired) electrons. The van der Waals surface area contributed by atoms with Gasteiger partial charge in [0.05, 0.1) is 23.7 Å². The first-order valence-electron chi connectivity index (χ1n) is 17.1. The van der Waals surface area contributed by atoms with Crippen LogP contribution in [0.4, 0.5) is 25.0 Å². The van der Waals surface area contributed by atoms with Crippen LogP contribution in [-0.2, 0) is 14.8 Å². The van der Waals surface area contributed by atoms with E-state index in [1.54, 1.807) is 30.3 Å². The second-order valence-electron chi connectivity index (χ2n) is 12.7. The number of carbonyl (C=O) groups is 1. The molecule has 14 heteroatoms. The number of piperidine rings is 1. The van der Waals surface area contributed by atoms with Gasteiger partial charge < -0.3 is 30.3 Å². The number of phenolic OH excluding ortho intramolecular Hbond substituents is 2. The summed E-state index contributed by atoms with van der Waals surface area (Å²) in [5, 5.41) is 35.6. The van der Waals surface area contributed by atoms with E-state index in [4.69, 9.17) is 4.74 Å². The van der Waals surface area contributed by atoms with Crippen molar-refractivity contribution in [2.75, 3.05) is 49.0 Å². The summed E-state index contributed by atoms with van der Waals surface area (Å²) < 4.78 is 59.2. The van der Waals surface area contributed by atoms with E-state index < -0.39 is 39.6 Å². The lowest BCUT2D eigenvalue weighted by atomic mass is 10.0. The number of sulfonamides is 1. The van der Waals surface area contributed by atoms with Crippen LogP contribution in [0.25, 0.3) is 11.1 Å². The lowest BCUT2D eigenvalue weighted by Gasteiger charge is -2.31. The molecule has 6 N–H and O–H groups in total. The number of ether oxygens (including phenoxy) is 1. The number of hydrogen-bond donors (Lipinski definition) is 6. The van der Waals surface area contributed by atoms with Gasteiger partial charge in [-0.3, -0.25) is 10.0 Å². The third-order valence-electron chi connectivity index (χ3n) is 8.67. The molecule has 1 fully saturated rings. The third kappa shape index (κ3) is 12.4. The summed E-state index contributed by atoms with van der Waals surface area (Å²) in [5.41, 5.74) is 1.01. The van der Waals surface area contributed by atoms with Gasteiger partial charge in [-0.15, -0.1) is 0 Å². The summed E-state index contributed by atoms with van der Waals surface area (Å²) in [6.07, 6.45) is 8.51. The number of phenols is 2. The maximum absolute atomic E-state index is 14.5. The van der Waals surface area contributed by atoms with E-state index >= 15 is 0 Å². The van der Waals surface area contributed by atoms with Crippen molar-refractivity contribution in [1.29, 1.82) is 0 Å². The summed E-state index contributed by atoms with van der Waals surface area (Å²) >= 11 is 0. The fraction of sp³-hybridized carbons (Fsp3) is 0.472. The predicted molar refractivity (Wildman–Crippen MR) is 190 cm³/mol. The molecule has 11 nitrogen and oxygen atoms in total. The molecule has 0 bridgehead atoms. The molecule has 1 heterocycles. The molecule has 1 saturated heterocycles. The fourth-order valence-electron chi connectivity index (χ4n) is 5.98. The number of nitrogens with one attached hydrogen (secondary N) is 3. The molecule has 1 aliphatic rings. The zero-order valence-electron chi connectivity index (χ0n) is 28.3. The van der Waals surface area contributed by atoms with Crippen LogP contribution in [0.1, 0.15) is 69.5 Å². The molecule has 0 saturated carbocycles. The van der Waals surface area contributed by atoms with E-state index in [-0.39, 0.29) is 34.4 Å². The van der Waals surface area contributed by atoms with Crippen LogP contribution < -0.4 is 15.4 Å². The number of aliphatic hydroxyl groups excluding tert-OH is 1. The van der Waals surface area contributed by atoms with Crippen LogP contribution >= 0.6 is 0 Å². The Morgan fingerprint density at radius 3 is 2.28 bits per heavy atom. The van der Waals surface area contributed by atoms with Gasteiger partial charge in [-0.25, -0.2) is 22.0 Å². The predicted octanol–water partition coefficient (Wildman–Crippen LogP) is 6.48. The van der Waals surface area contributed by atoms with Gasteiger partial charge in [-0.05, 0) is 68.6 Å². The normalized spacial score (nSPS) is 14.7. The van der Waals surface area contributed by atoms with Gasteiger partial charge in [-0.2, -0.15) is 0 Å². The van der Waals surface area contributed by atoms with Crippen LogP contribution in [0.5, 0.6) is 11.5 Å². The number of nitrogens with zero attached hydrogens (tertiary/aromatic N) is 1. The number of aromatic hydroxyl groups is 2. The molecule has 0 aromatic heterocycles. The Kier molecular flexibility index (Phi) is 14.6. The average Bonchev–Trinajstić information content (AvgIpc) is 3.06. The number of aliphatic hydroxyl groups is 1. The Bertz CT molecular complexity index is 1670. The number of likely N-dealkylation sites (tertiary alicyclic amines) is 1. The third-order valence-corrected chi connectivity index (χ3v) is 9.26. The fourth-order valence-corrected chi connectivity index (χ4v) is 6.54. The van der Waals surface area contributed by atoms with Crippen molar-refractivity contribution in [3.8, 4) is 22.6 Å². The number of halogens is 2. The quantitative estimate of drug-likeness (QED) is 0.0639. The number of benzene rings is 3. The second kappa shape index (κ2) is 18.9. The summed E-state index contributed by atoms with van der Waals surface area (Å²) in [6.45, 7) is 3.75. The summed E-state index contributed by atoms with van der Waals surface area (Å²) in [4.78, 5) is 15.1. The maximum atomic E-state index is 14.5. The zero-order chi connectivity index (χ0) is 36.1. The Balaban J connectivity index is 1.02. The number of carbonyl (C=O) groups excluding carboxylic acids is 1. The number of para-hydroxylation sites is 1. The molecular formula is C36H48F2N4O7S. The molecule has 1 aliphatic heterocycles. The number of hydrogen-bond acceptors (Lipinski definition) is 9. The second-order valence-corrected chi connectivity index (χ2v) is 14.5. The molecule has 274 valence electrons. The van der Waals surface area contributed by atoms with Crippen molar-refractivity contribution in [3.05, 3.63) is 71.8 Å².